The van der Waals surface area contributed by atoms with Crippen molar-refractivity contribution in [2.75, 3.05) is 26.2 Å². The number of alkyl carbamates (subject to hydrolysis) is 1. The van der Waals surface area contributed by atoms with E-state index in [1.165, 1.54) is 19.3 Å². The number of hydrogen-bond donors (Lipinski definition) is 5. The van der Waals surface area contributed by atoms with Crippen molar-refractivity contribution in [1.82, 2.24) is 31.5 Å². The summed E-state index contributed by atoms with van der Waals surface area (Å²) in [6.07, 6.45) is 15.9. The van der Waals surface area contributed by atoms with Crippen LogP contribution in [-0.2, 0) is 23.9 Å². The lowest BCUT2D eigenvalue weighted by Gasteiger charge is -2.43. The lowest BCUT2D eigenvalue weighted by Crippen LogP contribution is -2.63. The minimum Gasteiger partial charge on any atom is -0.447 e. The molecule has 0 aromatic carbocycles. The Kier molecular flexibility index (Phi) is 15.1. The fraction of sp³-hybridized carbons (Fsp3) is 0.810. The van der Waals surface area contributed by atoms with Gasteiger partial charge in [0, 0.05) is 26.1 Å². The summed E-state index contributed by atoms with van der Waals surface area (Å²) in [5, 5.41) is 14.3. The molecular formula is C42H68N6O7. The molecule has 3 aliphatic carbocycles. The highest BCUT2D eigenvalue weighted by Gasteiger charge is 2.70. The number of likely N-dealkylation sites (tertiary alicyclic amines) is 1. The second-order valence-electron chi connectivity index (χ2n) is 18.5. The normalized spacial score (nSPS) is 24.5. The minimum absolute atomic E-state index is 0.0495. The van der Waals surface area contributed by atoms with Gasteiger partial charge in [0.25, 0.3) is 5.91 Å². The number of rotatable bonds is 16. The van der Waals surface area contributed by atoms with Crippen LogP contribution in [-0.4, -0.2) is 90.9 Å². The topological polar surface area (TPSA) is 175 Å². The number of amides is 6. The van der Waals surface area contributed by atoms with Gasteiger partial charge in [0.2, 0.25) is 17.6 Å². The standard InChI is InChI=1S/C42H68N6O7/c1-9-11-20-29(33(49)36(51)43-23-10-2)45-35(50)32-31-28(41(31,6)7)25-48(32)37(52)34(42(8)21-16-13-17-22-42)47-38(53)46-30(40(3,4)5)26-55-39(54)44-24-27-18-14-12-15-19-27/h1,27-32,34H,10-26H2,2-8H3,(H,43,51)(H,44,54)(H,45,50)(H2,46,47,53)/t28-,29?,30+,31-,32-,34+/m0/s1. The van der Waals surface area contributed by atoms with Crippen molar-refractivity contribution in [2.24, 2.45) is 34.0 Å². The van der Waals surface area contributed by atoms with Crippen molar-refractivity contribution < 1.29 is 33.5 Å². The first kappa shape index (κ1) is 43.9. The van der Waals surface area contributed by atoms with Crippen LogP contribution in [0.4, 0.5) is 9.59 Å². The zero-order valence-electron chi connectivity index (χ0n) is 34.4. The summed E-state index contributed by atoms with van der Waals surface area (Å²) in [5.74, 6) is 0.427. The van der Waals surface area contributed by atoms with Gasteiger partial charge in [-0.3, -0.25) is 19.2 Å². The summed E-state index contributed by atoms with van der Waals surface area (Å²) < 4.78 is 5.60. The summed E-state index contributed by atoms with van der Waals surface area (Å²) in [6, 6.07) is -4.09. The lowest BCUT2D eigenvalue weighted by molar-refractivity contribution is -0.146. The van der Waals surface area contributed by atoms with E-state index in [0.29, 0.717) is 32.0 Å². The monoisotopic (exact) mass is 769 g/mol. The zero-order valence-corrected chi connectivity index (χ0v) is 34.4. The number of ether oxygens (including phenoxy) is 1. The van der Waals surface area contributed by atoms with E-state index in [0.717, 1.165) is 44.9 Å². The molecule has 4 rings (SSSR count). The van der Waals surface area contributed by atoms with Crippen LogP contribution in [0, 0.1) is 46.3 Å². The summed E-state index contributed by atoms with van der Waals surface area (Å²) in [6.45, 7) is 15.1. The second-order valence-corrected chi connectivity index (χ2v) is 18.5. The minimum atomic E-state index is -1.14. The Labute approximate surface area is 328 Å². The number of Topliss-reactive ketones (excluding diaryl/α,β-unsaturated/α-hetero) is 1. The van der Waals surface area contributed by atoms with Gasteiger partial charge in [0.15, 0.2) is 0 Å². The number of terminal acetylenes is 1. The first-order valence-corrected chi connectivity index (χ1v) is 20.8. The molecule has 0 spiro atoms. The number of piperidine rings is 1. The molecule has 13 heteroatoms. The molecule has 4 aliphatic rings. The number of urea groups is 1. The average Bonchev–Trinajstić information content (AvgIpc) is 3.44. The molecule has 0 aromatic rings. The van der Waals surface area contributed by atoms with E-state index >= 15 is 0 Å². The van der Waals surface area contributed by atoms with Crippen molar-refractivity contribution in [3.05, 3.63) is 0 Å². The maximum Gasteiger partial charge on any atom is 0.407 e. The number of carbonyl (C=O) groups excluding carboxylic acids is 6. The highest BCUT2D eigenvalue weighted by Crippen LogP contribution is 2.65. The SMILES string of the molecule is C#CCCC(NC(=O)[C@@H]1[C@@H]2[C@H](CN1C(=O)[C@@H](NC(=O)N[C@H](COC(=O)NCC1CCCCC1)C(C)(C)C)C1(C)CCCCC1)C2(C)C)C(=O)C(=O)NCCC. The first-order valence-electron chi connectivity index (χ1n) is 20.8. The van der Waals surface area contributed by atoms with Gasteiger partial charge < -0.3 is 36.2 Å². The van der Waals surface area contributed by atoms with E-state index in [4.69, 9.17) is 11.2 Å². The highest BCUT2D eigenvalue weighted by atomic mass is 16.5. The van der Waals surface area contributed by atoms with Crippen molar-refractivity contribution in [3.8, 4) is 12.3 Å². The molecule has 0 aromatic heterocycles. The van der Waals surface area contributed by atoms with Crippen molar-refractivity contribution in [2.45, 2.75) is 156 Å². The van der Waals surface area contributed by atoms with Crippen LogP contribution in [0.15, 0.2) is 0 Å². The summed E-state index contributed by atoms with van der Waals surface area (Å²) in [7, 11) is 0. The zero-order chi connectivity index (χ0) is 40.6. The van der Waals surface area contributed by atoms with E-state index < -0.39 is 64.7 Å². The van der Waals surface area contributed by atoms with Crippen molar-refractivity contribution in [3.63, 3.8) is 0 Å². The van der Waals surface area contributed by atoms with Gasteiger partial charge in [-0.2, -0.15) is 0 Å². The smallest absolute Gasteiger partial charge is 0.407 e. The predicted octanol–water partition coefficient (Wildman–Crippen LogP) is 4.82. The van der Waals surface area contributed by atoms with Crippen LogP contribution in [0.5, 0.6) is 0 Å². The number of carbonyl (C=O) groups is 6. The first-order chi connectivity index (χ1) is 25.9. The number of ketones is 1. The second kappa shape index (κ2) is 18.9. The molecule has 1 unspecified atom stereocenters. The molecule has 3 saturated carbocycles. The molecule has 6 amide bonds. The molecular weight excluding hydrogens is 700 g/mol. The molecule has 1 heterocycles. The summed E-state index contributed by atoms with van der Waals surface area (Å²) >= 11 is 0. The summed E-state index contributed by atoms with van der Waals surface area (Å²) in [5.41, 5.74) is -1.28. The Balaban J connectivity index is 1.51. The Morgan fingerprint density at radius 3 is 2.18 bits per heavy atom. The molecule has 55 heavy (non-hydrogen) atoms. The van der Waals surface area contributed by atoms with Crippen LogP contribution in [0.25, 0.3) is 0 Å². The van der Waals surface area contributed by atoms with Gasteiger partial charge in [-0.1, -0.05) is 87.0 Å². The molecule has 13 nitrogen and oxygen atoms in total. The number of nitrogens with one attached hydrogen (secondary N) is 5. The van der Waals surface area contributed by atoms with Gasteiger partial charge in [-0.25, -0.2) is 9.59 Å². The predicted molar refractivity (Wildman–Crippen MR) is 210 cm³/mol. The van der Waals surface area contributed by atoms with E-state index in [1.807, 2.05) is 34.6 Å². The third kappa shape index (κ3) is 11.2. The quantitative estimate of drug-likeness (QED) is 0.111. The van der Waals surface area contributed by atoms with Gasteiger partial charge in [-0.15, -0.1) is 12.3 Å². The van der Waals surface area contributed by atoms with Gasteiger partial charge in [-0.05, 0) is 72.5 Å². The number of nitrogens with zero attached hydrogens (tertiary/aromatic N) is 1. The lowest BCUT2D eigenvalue weighted by atomic mass is 9.70. The van der Waals surface area contributed by atoms with Gasteiger partial charge in [0.05, 0.1) is 12.1 Å². The Bertz CT molecular complexity index is 1440. The fourth-order valence-electron chi connectivity index (χ4n) is 9.07. The Hall–Kier alpha value is -3.82. The molecule has 5 N–H and O–H groups in total. The molecule has 308 valence electrons. The largest absolute Gasteiger partial charge is 0.447 e. The maximum atomic E-state index is 14.9. The van der Waals surface area contributed by atoms with Crippen LogP contribution in [0.3, 0.4) is 0 Å². The van der Waals surface area contributed by atoms with E-state index in [-0.39, 0.29) is 42.6 Å². The van der Waals surface area contributed by atoms with Crippen LogP contribution >= 0.6 is 0 Å². The van der Waals surface area contributed by atoms with E-state index in [2.05, 4.69) is 46.4 Å². The van der Waals surface area contributed by atoms with Gasteiger partial charge >= 0.3 is 12.1 Å². The number of fused-ring (bicyclic) bond motifs is 1. The maximum absolute atomic E-state index is 14.9. The molecule has 1 saturated heterocycles. The van der Waals surface area contributed by atoms with Crippen molar-refractivity contribution in [1.29, 1.82) is 0 Å². The Morgan fingerprint density at radius 2 is 1.56 bits per heavy atom. The average molecular weight is 769 g/mol. The molecule has 0 bridgehead atoms. The highest BCUT2D eigenvalue weighted by molar-refractivity contribution is 6.38. The molecule has 4 fully saturated rings. The van der Waals surface area contributed by atoms with E-state index in [1.54, 1.807) is 4.90 Å². The molecule has 0 radical (unpaired) electrons. The van der Waals surface area contributed by atoms with Crippen LogP contribution < -0.4 is 26.6 Å². The fourth-order valence-corrected chi connectivity index (χ4v) is 9.07. The third-order valence-electron chi connectivity index (χ3n) is 12.9. The number of hydrogen-bond acceptors (Lipinski definition) is 7. The third-order valence-corrected chi connectivity index (χ3v) is 12.9. The van der Waals surface area contributed by atoms with Crippen molar-refractivity contribution >= 4 is 35.6 Å². The van der Waals surface area contributed by atoms with Crippen LogP contribution in [0.1, 0.15) is 132 Å². The van der Waals surface area contributed by atoms with Crippen LogP contribution in [0.2, 0.25) is 0 Å². The summed E-state index contributed by atoms with van der Waals surface area (Å²) in [4.78, 5) is 83.1. The van der Waals surface area contributed by atoms with Gasteiger partial charge in [0.1, 0.15) is 18.7 Å². The molecule has 6 atom stereocenters. The molecule has 1 aliphatic heterocycles. The van der Waals surface area contributed by atoms with E-state index in [9.17, 15) is 28.8 Å². The Morgan fingerprint density at radius 1 is 0.909 bits per heavy atom.